The van der Waals surface area contributed by atoms with Crippen molar-refractivity contribution in [1.82, 2.24) is 4.98 Å². The second-order valence-corrected chi connectivity index (χ2v) is 4.30. The number of aliphatic hydroxyl groups is 1. The number of nitrogens with zero attached hydrogens (tertiary/aromatic N) is 2. The van der Waals surface area contributed by atoms with Crippen molar-refractivity contribution in [3.8, 4) is 0 Å². The Kier molecular flexibility index (Phi) is 3.76. The monoisotopic (exact) mass is 234 g/mol. The highest BCUT2D eigenvalue weighted by molar-refractivity contribution is 5.59. The first-order valence-electron chi connectivity index (χ1n) is 5.80. The average Bonchev–Trinajstić information content (AvgIpc) is 2.39. The van der Waals surface area contributed by atoms with Crippen LogP contribution in [0.4, 0.5) is 5.69 Å². The van der Waals surface area contributed by atoms with Crippen LogP contribution in [0.15, 0.2) is 24.9 Å². The van der Waals surface area contributed by atoms with Crippen molar-refractivity contribution >= 4 is 11.3 Å². The summed E-state index contributed by atoms with van der Waals surface area (Å²) >= 11 is 0. The molecule has 92 valence electrons. The van der Waals surface area contributed by atoms with E-state index < -0.39 is 0 Å². The molecular formula is C13H18N2O2. The fraction of sp³-hybridized carbons (Fsp3) is 0.462. The van der Waals surface area contributed by atoms with Crippen molar-refractivity contribution in [3.63, 3.8) is 0 Å². The molecule has 1 aromatic heterocycles. The Morgan fingerprint density at radius 3 is 3.06 bits per heavy atom. The summed E-state index contributed by atoms with van der Waals surface area (Å²) in [6.45, 7) is 8.07. The van der Waals surface area contributed by atoms with E-state index in [0.29, 0.717) is 13.2 Å². The summed E-state index contributed by atoms with van der Waals surface area (Å²) in [7, 11) is 0. The molecule has 1 aromatic rings. The Hall–Kier alpha value is -1.39. The lowest BCUT2D eigenvalue weighted by molar-refractivity contribution is 0.00355. The summed E-state index contributed by atoms with van der Waals surface area (Å²) in [5, 5.41) is 9.09. The molecule has 1 atom stereocenters. The SMILES string of the molecule is C=C(C)c1ccc(N2CCO[C@H](CO)C2)cn1. The Balaban J connectivity index is 2.08. The van der Waals surface area contributed by atoms with Gasteiger partial charge in [0.2, 0.25) is 0 Å². The number of rotatable bonds is 3. The van der Waals surface area contributed by atoms with E-state index >= 15 is 0 Å². The van der Waals surface area contributed by atoms with Gasteiger partial charge in [0, 0.05) is 13.1 Å². The van der Waals surface area contributed by atoms with Gasteiger partial charge in [0.25, 0.3) is 0 Å². The molecule has 0 spiro atoms. The van der Waals surface area contributed by atoms with Gasteiger partial charge in [-0.1, -0.05) is 6.58 Å². The zero-order valence-electron chi connectivity index (χ0n) is 10.1. The number of anilines is 1. The van der Waals surface area contributed by atoms with E-state index in [1.54, 1.807) is 0 Å². The quantitative estimate of drug-likeness (QED) is 0.856. The van der Waals surface area contributed by atoms with Gasteiger partial charge in [-0.25, -0.2) is 0 Å². The number of ether oxygens (including phenoxy) is 1. The number of aromatic nitrogens is 1. The molecule has 0 radical (unpaired) electrons. The Morgan fingerprint density at radius 1 is 1.65 bits per heavy atom. The van der Waals surface area contributed by atoms with Crippen LogP contribution in [-0.2, 0) is 4.74 Å². The van der Waals surface area contributed by atoms with Crippen molar-refractivity contribution in [1.29, 1.82) is 0 Å². The molecule has 2 rings (SSSR count). The molecule has 0 unspecified atom stereocenters. The highest BCUT2D eigenvalue weighted by Gasteiger charge is 2.19. The maximum Gasteiger partial charge on any atom is 0.0980 e. The van der Waals surface area contributed by atoms with Gasteiger partial charge in [-0.15, -0.1) is 0 Å². The van der Waals surface area contributed by atoms with Crippen molar-refractivity contribution in [2.45, 2.75) is 13.0 Å². The first kappa shape index (κ1) is 12.1. The topological polar surface area (TPSA) is 45.6 Å². The van der Waals surface area contributed by atoms with Crippen molar-refractivity contribution in [2.75, 3.05) is 31.2 Å². The highest BCUT2D eigenvalue weighted by Crippen LogP contribution is 2.18. The van der Waals surface area contributed by atoms with Gasteiger partial charge < -0.3 is 14.7 Å². The highest BCUT2D eigenvalue weighted by atomic mass is 16.5. The molecule has 1 fully saturated rings. The number of morpholine rings is 1. The minimum absolute atomic E-state index is 0.0633. The number of hydrogen-bond acceptors (Lipinski definition) is 4. The van der Waals surface area contributed by atoms with Crippen LogP contribution in [-0.4, -0.2) is 42.5 Å². The molecule has 0 aliphatic carbocycles. The first-order chi connectivity index (χ1) is 8.20. The van der Waals surface area contributed by atoms with Crippen LogP contribution >= 0.6 is 0 Å². The third-order valence-corrected chi connectivity index (χ3v) is 2.89. The third kappa shape index (κ3) is 2.84. The van der Waals surface area contributed by atoms with E-state index in [0.717, 1.165) is 23.5 Å². The summed E-state index contributed by atoms with van der Waals surface area (Å²) in [6, 6.07) is 4.01. The fourth-order valence-corrected chi connectivity index (χ4v) is 1.89. The molecule has 1 saturated heterocycles. The van der Waals surface area contributed by atoms with Gasteiger partial charge in [0.05, 0.1) is 36.9 Å². The van der Waals surface area contributed by atoms with Gasteiger partial charge in [0.15, 0.2) is 0 Å². The summed E-state index contributed by atoms with van der Waals surface area (Å²) in [5.74, 6) is 0. The maximum absolute atomic E-state index is 9.09. The number of aliphatic hydroxyl groups excluding tert-OH is 1. The zero-order chi connectivity index (χ0) is 12.3. The van der Waals surface area contributed by atoms with Gasteiger partial charge in [-0.3, -0.25) is 4.98 Å². The summed E-state index contributed by atoms with van der Waals surface area (Å²) in [5.41, 5.74) is 2.95. The fourth-order valence-electron chi connectivity index (χ4n) is 1.89. The Morgan fingerprint density at radius 2 is 2.47 bits per heavy atom. The molecule has 0 saturated carbocycles. The molecule has 0 bridgehead atoms. The predicted octanol–water partition coefficient (Wildman–Crippen LogP) is 1.31. The second kappa shape index (κ2) is 5.29. The molecule has 1 aliphatic rings. The van der Waals surface area contributed by atoms with Gasteiger partial charge in [-0.2, -0.15) is 0 Å². The predicted molar refractivity (Wildman–Crippen MR) is 68.0 cm³/mol. The van der Waals surface area contributed by atoms with E-state index in [1.165, 1.54) is 0 Å². The summed E-state index contributed by atoms with van der Waals surface area (Å²) in [4.78, 5) is 6.54. The molecule has 1 N–H and O–H groups in total. The van der Waals surface area contributed by atoms with E-state index in [-0.39, 0.29) is 12.7 Å². The Labute approximate surface area is 102 Å². The van der Waals surface area contributed by atoms with Crippen molar-refractivity contribution < 1.29 is 9.84 Å². The Bertz CT molecular complexity index is 389. The minimum atomic E-state index is -0.0930. The van der Waals surface area contributed by atoms with E-state index in [4.69, 9.17) is 9.84 Å². The number of allylic oxidation sites excluding steroid dienone is 1. The second-order valence-electron chi connectivity index (χ2n) is 4.30. The standard InChI is InChI=1S/C13H18N2O2/c1-10(2)13-4-3-11(7-14-13)15-5-6-17-12(8-15)9-16/h3-4,7,12,16H,1,5-6,8-9H2,2H3/t12-/m0/s1. The van der Waals surface area contributed by atoms with E-state index in [2.05, 4.69) is 16.5 Å². The van der Waals surface area contributed by atoms with Gasteiger partial charge in [0.1, 0.15) is 0 Å². The van der Waals surface area contributed by atoms with Crippen LogP contribution in [0.3, 0.4) is 0 Å². The number of pyridine rings is 1. The minimum Gasteiger partial charge on any atom is -0.394 e. The molecule has 17 heavy (non-hydrogen) atoms. The van der Waals surface area contributed by atoms with Crippen LogP contribution in [0.25, 0.3) is 5.57 Å². The molecule has 2 heterocycles. The molecule has 1 aliphatic heterocycles. The molecule has 4 heteroatoms. The van der Waals surface area contributed by atoms with Gasteiger partial charge in [-0.05, 0) is 24.6 Å². The molecule has 0 aromatic carbocycles. The van der Waals surface area contributed by atoms with Crippen molar-refractivity contribution in [3.05, 3.63) is 30.6 Å². The first-order valence-corrected chi connectivity index (χ1v) is 5.80. The summed E-state index contributed by atoms with van der Waals surface area (Å²) in [6.07, 6.45) is 1.76. The lowest BCUT2D eigenvalue weighted by atomic mass is 10.2. The van der Waals surface area contributed by atoms with Crippen LogP contribution in [0, 0.1) is 0 Å². The van der Waals surface area contributed by atoms with Crippen molar-refractivity contribution in [2.24, 2.45) is 0 Å². The smallest absolute Gasteiger partial charge is 0.0980 e. The lowest BCUT2D eigenvalue weighted by Crippen LogP contribution is -2.44. The van der Waals surface area contributed by atoms with Crippen LogP contribution in [0.5, 0.6) is 0 Å². The molecule has 4 nitrogen and oxygen atoms in total. The zero-order valence-corrected chi connectivity index (χ0v) is 10.1. The summed E-state index contributed by atoms with van der Waals surface area (Å²) < 4.78 is 5.41. The number of hydrogen-bond donors (Lipinski definition) is 1. The van der Waals surface area contributed by atoms with E-state index in [1.807, 2.05) is 25.3 Å². The molecular weight excluding hydrogens is 216 g/mol. The third-order valence-electron chi connectivity index (χ3n) is 2.89. The van der Waals surface area contributed by atoms with Crippen LogP contribution in [0.2, 0.25) is 0 Å². The lowest BCUT2D eigenvalue weighted by Gasteiger charge is -2.33. The average molecular weight is 234 g/mol. The van der Waals surface area contributed by atoms with Gasteiger partial charge >= 0.3 is 0 Å². The molecule has 0 amide bonds. The van der Waals surface area contributed by atoms with Crippen LogP contribution < -0.4 is 4.90 Å². The normalized spacial score (nSPS) is 20.4. The largest absolute Gasteiger partial charge is 0.394 e. The maximum atomic E-state index is 9.09. The van der Waals surface area contributed by atoms with E-state index in [9.17, 15) is 0 Å². The van der Waals surface area contributed by atoms with Crippen LogP contribution in [0.1, 0.15) is 12.6 Å².